The highest BCUT2D eigenvalue weighted by Gasteiger charge is 2.24. The second kappa shape index (κ2) is 7.30. The molecular weight excluding hydrogens is 274 g/mol. The predicted octanol–water partition coefficient (Wildman–Crippen LogP) is 3.22. The van der Waals surface area contributed by atoms with Gasteiger partial charge in [-0.15, -0.1) is 0 Å². The summed E-state index contributed by atoms with van der Waals surface area (Å²) in [6.07, 6.45) is 3.03. The molecule has 0 spiro atoms. The van der Waals surface area contributed by atoms with Crippen molar-refractivity contribution < 1.29 is 9.47 Å². The van der Waals surface area contributed by atoms with Crippen LogP contribution in [-0.2, 0) is 17.6 Å². The summed E-state index contributed by atoms with van der Waals surface area (Å²) in [6, 6.07) is 4.31. The summed E-state index contributed by atoms with van der Waals surface area (Å²) >= 11 is 6.22. The van der Waals surface area contributed by atoms with Crippen LogP contribution in [0.3, 0.4) is 0 Å². The molecule has 1 aliphatic rings. The van der Waals surface area contributed by atoms with Crippen molar-refractivity contribution in [1.29, 1.82) is 0 Å². The van der Waals surface area contributed by atoms with E-state index in [9.17, 15) is 0 Å². The zero-order valence-corrected chi connectivity index (χ0v) is 13.3. The molecule has 0 aromatic heterocycles. The van der Waals surface area contributed by atoms with Gasteiger partial charge in [-0.25, -0.2) is 0 Å². The number of hydrogen-bond acceptors (Lipinski definition) is 3. The fourth-order valence-corrected chi connectivity index (χ4v) is 3.15. The highest BCUT2D eigenvalue weighted by atomic mass is 35.5. The molecule has 2 atom stereocenters. The van der Waals surface area contributed by atoms with E-state index < -0.39 is 0 Å². The normalized spacial score (nSPS) is 16.6. The van der Waals surface area contributed by atoms with E-state index in [2.05, 4.69) is 12.2 Å². The van der Waals surface area contributed by atoms with E-state index in [4.69, 9.17) is 21.1 Å². The van der Waals surface area contributed by atoms with E-state index in [1.807, 2.05) is 26.1 Å². The van der Waals surface area contributed by atoms with Gasteiger partial charge in [-0.05, 0) is 50.1 Å². The highest BCUT2D eigenvalue weighted by Crippen LogP contribution is 2.34. The molecule has 0 saturated carbocycles. The Bertz CT molecular complexity index is 450. The van der Waals surface area contributed by atoms with E-state index >= 15 is 0 Å². The Morgan fingerprint density at radius 1 is 1.40 bits per heavy atom. The van der Waals surface area contributed by atoms with E-state index in [1.54, 1.807) is 0 Å². The Morgan fingerprint density at radius 3 is 2.85 bits per heavy atom. The van der Waals surface area contributed by atoms with Crippen LogP contribution in [0.1, 0.15) is 31.4 Å². The Hall–Kier alpha value is -0.770. The molecule has 1 aromatic rings. The highest BCUT2D eigenvalue weighted by molar-refractivity contribution is 6.30. The van der Waals surface area contributed by atoms with E-state index in [0.29, 0.717) is 0 Å². The largest absolute Gasteiger partial charge is 0.493 e. The monoisotopic (exact) mass is 297 g/mol. The second-order valence-corrected chi connectivity index (χ2v) is 5.59. The minimum atomic E-state index is 0.209. The summed E-state index contributed by atoms with van der Waals surface area (Å²) in [5.41, 5.74) is 2.41. The van der Waals surface area contributed by atoms with Crippen molar-refractivity contribution in [3.63, 3.8) is 0 Å². The topological polar surface area (TPSA) is 30.5 Å². The Kier molecular flexibility index (Phi) is 5.70. The van der Waals surface area contributed by atoms with Crippen LogP contribution < -0.4 is 10.1 Å². The van der Waals surface area contributed by atoms with Crippen LogP contribution in [0, 0.1) is 0 Å². The van der Waals surface area contributed by atoms with Crippen LogP contribution in [0.5, 0.6) is 5.75 Å². The van der Waals surface area contributed by atoms with Crippen LogP contribution in [0.4, 0.5) is 0 Å². The van der Waals surface area contributed by atoms with Gasteiger partial charge in [0, 0.05) is 24.1 Å². The standard InChI is InChI=1S/C16H24ClNO2/c1-4-15(19-5-2)14(18-3)10-12-9-13(17)8-11-6-7-20-16(11)12/h8-9,14-15,18H,4-7,10H2,1-3H3. The van der Waals surface area contributed by atoms with E-state index in [1.165, 1.54) is 11.1 Å². The second-order valence-electron chi connectivity index (χ2n) is 5.15. The van der Waals surface area contributed by atoms with Gasteiger partial charge < -0.3 is 14.8 Å². The van der Waals surface area contributed by atoms with Gasteiger partial charge in [0.1, 0.15) is 5.75 Å². The SMILES string of the molecule is CCOC(CC)C(Cc1cc(Cl)cc2c1OCC2)NC. The minimum Gasteiger partial charge on any atom is -0.493 e. The molecule has 1 heterocycles. The third-order valence-corrected chi connectivity index (χ3v) is 4.09. The lowest BCUT2D eigenvalue weighted by atomic mass is 9.97. The van der Waals surface area contributed by atoms with Gasteiger partial charge in [-0.1, -0.05) is 18.5 Å². The number of halogens is 1. The van der Waals surface area contributed by atoms with Crippen molar-refractivity contribution in [3.05, 3.63) is 28.3 Å². The van der Waals surface area contributed by atoms with Crippen LogP contribution >= 0.6 is 11.6 Å². The summed E-state index contributed by atoms with van der Waals surface area (Å²) in [6.45, 7) is 5.69. The molecule has 0 saturated heterocycles. The van der Waals surface area contributed by atoms with Gasteiger partial charge in [0.2, 0.25) is 0 Å². The molecule has 0 amide bonds. The smallest absolute Gasteiger partial charge is 0.125 e. The van der Waals surface area contributed by atoms with Crippen molar-refractivity contribution in [2.24, 2.45) is 0 Å². The Balaban J connectivity index is 2.19. The Morgan fingerprint density at radius 2 is 2.20 bits per heavy atom. The van der Waals surface area contributed by atoms with Crippen LogP contribution in [0.15, 0.2) is 12.1 Å². The quantitative estimate of drug-likeness (QED) is 0.838. The van der Waals surface area contributed by atoms with E-state index in [-0.39, 0.29) is 12.1 Å². The number of fused-ring (bicyclic) bond motifs is 1. The molecule has 0 fully saturated rings. The molecular formula is C16H24ClNO2. The van der Waals surface area contributed by atoms with Crippen LogP contribution in [0.25, 0.3) is 0 Å². The average molecular weight is 298 g/mol. The average Bonchev–Trinajstić information content (AvgIpc) is 2.90. The van der Waals surface area contributed by atoms with Crippen molar-refractivity contribution in [2.45, 2.75) is 45.3 Å². The van der Waals surface area contributed by atoms with Crippen LogP contribution in [0.2, 0.25) is 5.02 Å². The Labute approximate surface area is 126 Å². The van der Waals surface area contributed by atoms with Crippen molar-refractivity contribution in [3.8, 4) is 5.75 Å². The number of rotatable bonds is 7. The maximum absolute atomic E-state index is 6.22. The zero-order valence-electron chi connectivity index (χ0n) is 12.5. The minimum absolute atomic E-state index is 0.209. The molecule has 20 heavy (non-hydrogen) atoms. The lowest BCUT2D eigenvalue weighted by molar-refractivity contribution is 0.0338. The van der Waals surface area contributed by atoms with Gasteiger partial charge in [0.15, 0.2) is 0 Å². The first-order valence-corrected chi connectivity index (χ1v) is 7.80. The summed E-state index contributed by atoms with van der Waals surface area (Å²) in [7, 11) is 1.98. The number of likely N-dealkylation sites (N-methyl/N-ethyl adjacent to an activating group) is 1. The number of nitrogens with one attached hydrogen (secondary N) is 1. The first kappa shape index (κ1) is 15.6. The third kappa shape index (κ3) is 3.46. The predicted molar refractivity (Wildman–Crippen MR) is 82.9 cm³/mol. The van der Waals surface area contributed by atoms with Gasteiger partial charge in [-0.2, -0.15) is 0 Å². The van der Waals surface area contributed by atoms with Crippen LogP contribution in [-0.4, -0.2) is 32.4 Å². The molecule has 2 rings (SSSR count). The molecule has 112 valence electrons. The number of benzene rings is 1. The molecule has 4 heteroatoms. The molecule has 0 bridgehead atoms. The first-order valence-electron chi connectivity index (χ1n) is 7.42. The maximum Gasteiger partial charge on any atom is 0.125 e. The maximum atomic E-state index is 6.22. The molecule has 1 aliphatic heterocycles. The number of ether oxygens (including phenoxy) is 2. The lowest BCUT2D eigenvalue weighted by Gasteiger charge is -2.26. The van der Waals surface area contributed by atoms with Gasteiger partial charge in [0.05, 0.1) is 12.7 Å². The van der Waals surface area contributed by atoms with Crippen molar-refractivity contribution in [1.82, 2.24) is 5.32 Å². The molecule has 3 nitrogen and oxygen atoms in total. The van der Waals surface area contributed by atoms with E-state index in [0.717, 1.165) is 43.2 Å². The summed E-state index contributed by atoms with van der Waals surface area (Å²) in [4.78, 5) is 0. The molecule has 0 aliphatic carbocycles. The summed E-state index contributed by atoms with van der Waals surface area (Å²) < 4.78 is 11.6. The van der Waals surface area contributed by atoms with Crippen molar-refractivity contribution >= 4 is 11.6 Å². The summed E-state index contributed by atoms with van der Waals surface area (Å²) in [5, 5.41) is 4.17. The third-order valence-electron chi connectivity index (χ3n) is 3.87. The molecule has 0 radical (unpaired) electrons. The molecule has 2 unspecified atom stereocenters. The van der Waals surface area contributed by atoms with Gasteiger partial charge >= 0.3 is 0 Å². The number of hydrogen-bond donors (Lipinski definition) is 1. The van der Waals surface area contributed by atoms with Gasteiger partial charge in [-0.3, -0.25) is 0 Å². The zero-order chi connectivity index (χ0) is 14.5. The fourth-order valence-electron chi connectivity index (χ4n) is 2.89. The van der Waals surface area contributed by atoms with Crippen molar-refractivity contribution in [2.75, 3.05) is 20.3 Å². The van der Waals surface area contributed by atoms with Gasteiger partial charge in [0.25, 0.3) is 0 Å². The lowest BCUT2D eigenvalue weighted by Crippen LogP contribution is -2.40. The molecule has 1 aromatic carbocycles. The fraction of sp³-hybridized carbons (Fsp3) is 0.625. The first-order chi connectivity index (χ1) is 9.69. The summed E-state index contributed by atoms with van der Waals surface area (Å²) in [5.74, 6) is 1.03. The molecule has 1 N–H and O–H groups in total.